The molecule has 0 fully saturated rings. The zero-order chi connectivity index (χ0) is 21.1. The van der Waals surface area contributed by atoms with Crippen LogP contribution in [0.2, 0.25) is 0 Å². The summed E-state index contributed by atoms with van der Waals surface area (Å²) >= 11 is 0. The van der Waals surface area contributed by atoms with Crippen molar-refractivity contribution in [1.29, 1.82) is 0 Å². The summed E-state index contributed by atoms with van der Waals surface area (Å²) in [6.07, 6.45) is 0.423. The molecule has 1 atom stereocenters. The van der Waals surface area contributed by atoms with Crippen LogP contribution in [-0.4, -0.2) is 26.9 Å². The lowest BCUT2D eigenvalue weighted by molar-refractivity contribution is -0.134. The molecule has 2 aromatic carbocycles. The van der Waals surface area contributed by atoms with Crippen molar-refractivity contribution in [1.82, 2.24) is 14.5 Å². The second-order valence-corrected chi connectivity index (χ2v) is 7.56. The molecule has 5 nitrogen and oxygen atoms in total. The molecule has 1 amide bonds. The number of benzene rings is 2. The van der Waals surface area contributed by atoms with Crippen molar-refractivity contribution in [3.05, 3.63) is 70.5 Å². The summed E-state index contributed by atoms with van der Waals surface area (Å²) < 4.78 is 15.0. The van der Waals surface area contributed by atoms with Crippen LogP contribution in [0.3, 0.4) is 0 Å². The lowest BCUT2D eigenvalue weighted by atomic mass is 10.1. The molecule has 0 radical (unpaired) electrons. The fraction of sp³-hybridized carbons (Fsp3) is 0.348. The number of aromatic nitrogens is 2. The topological polar surface area (TPSA) is 55.2 Å². The molecule has 152 valence electrons. The first-order chi connectivity index (χ1) is 13.8. The van der Waals surface area contributed by atoms with Crippen LogP contribution in [0.1, 0.15) is 46.0 Å². The van der Waals surface area contributed by atoms with E-state index in [1.807, 2.05) is 33.8 Å². The molecule has 0 aliphatic carbocycles. The van der Waals surface area contributed by atoms with E-state index in [0.29, 0.717) is 35.4 Å². The summed E-state index contributed by atoms with van der Waals surface area (Å²) in [5.74, 6) is 0.322. The van der Waals surface area contributed by atoms with Gasteiger partial charge in [-0.15, -0.1) is 0 Å². The SMILES string of the molecule is CCN(C(=O)CC(C)C)C(C)c1nc2ccccc2c(=O)n1-c1ccc(F)cc1. The molecule has 0 aliphatic rings. The minimum Gasteiger partial charge on any atom is -0.333 e. The van der Waals surface area contributed by atoms with Crippen LogP contribution < -0.4 is 5.56 Å². The first kappa shape index (κ1) is 20.7. The van der Waals surface area contributed by atoms with Crippen LogP contribution in [0.25, 0.3) is 16.6 Å². The highest BCUT2D eigenvalue weighted by atomic mass is 19.1. The van der Waals surface area contributed by atoms with Gasteiger partial charge in [0.15, 0.2) is 0 Å². The Balaban J connectivity index is 2.22. The van der Waals surface area contributed by atoms with Crippen LogP contribution >= 0.6 is 0 Å². The third-order valence-corrected chi connectivity index (χ3v) is 4.97. The lowest BCUT2D eigenvalue weighted by Gasteiger charge is -2.30. The monoisotopic (exact) mass is 395 g/mol. The molecule has 0 bridgehead atoms. The first-order valence-electron chi connectivity index (χ1n) is 9.90. The van der Waals surface area contributed by atoms with Gasteiger partial charge in [-0.05, 0) is 56.2 Å². The first-order valence-corrected chi connectivity index (χ1v) is 9.90. The molecule has 1 heterocycles. The van der Waals surface area contributed by atoms with Crippen molar-refractivity contribution >= 4 is 16.8 Å². The van der Waals surface area contributed by atoms with Gasteiger partial charge < -0.3 is 4.90 Å². The number of para-hydroxylation sites is 1. The Morgan fingerprint density at radius 3 is 2.38 bits per heavy atom. The van der Waals surface area contributed by atoms with Crippen molar-refractivity contribution < 1.29 is 9.18 Å². The summed E-state index contributed by atoms with van der Waals surface area (Å²) in [5.41, 5.74) is 0.852. The van der Waals surface area contributed by atoms with Gasteiger partial charge in [-0.25, -0.2) is 9.37 Å². The smallest absolute Gasteiger partial charge is 0.266 e. The van der Waals surface area contributed by atoms with Crippen molar-refractivity contribution in [2.24, 2.45) is 5.92 Å². The van der Waals surface area contributed by atoms with Crippen molar-refractivity contribution in [3.8, 4) is 5.69 Å². The van der Waals surface area contributed by atoms with Gasteiger partial charge in [0.25, 0.3) is 5.56 Å². The predicted molar refractivity (Wildman–Crippen MR) is 113 cm³/mol. The van der Waals surface area contributed by atoms with Gasteiger partial charge in [-0.1, -0.05) is 26.0 Å². The van der Waals surface area contributed by atoms with E-state index in [-0.39, 0.29) is 23.2 Å². The summed E-state index contributed by atoms with van der Waals surface area (Å²) in [6.45, 7) is 8.28. The number of rotatable bonds is 6. The zero-order valence-corrected chi connectivity index (χ0v) is 17.2. The van der Waals surface area contributed by atoms with Crippen LogP contribution in [0.5, 0.6) is 0 Å². The number of fused-ring (bicyclic) bond motifs is 1. The Kier molecular flexibility index (Phi) is 6.11. The molecule has 3 rings (SSSR count). The Hall–Kier alpha value is -3.02. The standard InChI is InChI=1S/C23H26FN3O2/c1-5-26(21(28)14-15(2)3)16(4)22-25-20-9-7-6-8-19(20)23(29)27(22)18-12-10-17(24)11-13-18/h6-13,15-16H,5,14H2,1-4H3. The van der Waals surface area contributed by atoms with E-state index in [1.54, 1.807) is 35.2 Å². The summed E-state index contributed by atoms with van der Waals surface area (Å²) in [4.78, 5) is 32.6. The molecule has 0 saturated heterocycles. The van der Waals surface area contributed by atoms with Gasteiger partial charge in [0.1, 0.15) is 11.6 Å². The number of nitrogens with zero attached hydrogens (tertiary/aromatic N) is 3. The van der Waals surface area contributed by atoms with E-state index in [4.69, 9.17) is 4.98 Å². The zero-order valence-electron chi connectivity index (χ0n) is 17.2. The molecular weight excluding hydrogens is 369 g/mol. The molecular formula is C23H26FN3O2. The number of carbonyl (C=O) groups excluding carboxylic acids is 1. The maximum Gasteiger partial charge on any atom is 0.266 e. The Bertz CT molecular complexity index is 1070. The normalized spacial score (nSPS) is 12.3. The Labute approximate surface area is 169 Å². The predicted octanol–water partition coefficient (Wildman–Crippen LogP) is 4.48. The molecule has 0 aliphatic heterocycles. The average molecular weight is 395 g/mol. The van der Waals surface area contributed by atoms with E-state index in [2.05, 4.69) is 0 Å². The highest BCUT2D eigenvalue weighted by molar-refractivity contribution is 5.79. The highest BCUT2D eigenvalue weighted by Gasteiger charge is 2.26. The quantitative estimate of drug-likeness (QED) is 0.618. The van der Waals surface area contributed by atoms with Crippen molar-refractivity contribution in [2.75, 3.05) is 6.54 Å². The lowest BCUT2D eigenvalue weighted by Crippen LogP contribution is -2.37. The molecule has 0 saturated carbocycles. The van der Waals surface area contributed by atoms with E-state index in [1.165, 1.54) is 16.7 Å². The van der Waals surface area contributed by atoms with E-state index in [0.717, 1.165) is 0 Å². The Morgan fingerprint density at radius 2 is 1.76 bits per heavy atom. The van der Waals surface area contributed by atoms with Crippen LogP contribution in [0.15, 0.2) is 53.3 Å². The van der Waals surface area contributed by atoms with Gasteiger partial charge >= 0.3 is 0 Å². The number of halogens is 1. The molecule has 29 heavy (non-hydrogen) atoms. The van der Waals surface area contributed by atoms with Gasteiger partial charge in [-0.3, -0.25) is 14.2 Å². The van der Waals surface area contributed by atoms with Gasteiger partial charge in [0.05, 0.1) is 22.6 Å². The maximum absolute atomic E-state index is 13.5. The number of carbonyl (C=O) groups is 1. The molecule has 3 aromatic rings. The molecule has 0 N–H and O–H groups in total. The van der Waals surface area contributed by atoms with Crippen LogP contribution in [0.4, 0.5) is 4.39 Å². The second-order valence-electron chi connectivity index (χ2n) is 7.56. The maximum atomic E-state index is 13.5. The minimum absolute atomic E-state index is 0.0167. The third-order valence-electron chi connectivity index (χ3n) is 4.97. The Morgan fingerprint density at radius 1 is 1.10 bits per heavy atom. The summed E-state index contributed by atoms with van der Waals surface area (Å²) in [6, 6.07) is 12.4. The fourth-order valence-electron chi connectivity index (χ4n) is 3.54. The summed E-state index contributed by atoms with van der Waals surface area (Å²) in [7, 11) is 0. The minimum atomic E-state index is -0.423. The third kappa shape index (κ3) is 4.21. The summed E-state index contributed by atoms with van der Waals surface area (Å²) in [5, 5.41) is 0.476. The molecule has 6 heteroatoms. The van der Waals surface area contributed by atoms with E-state index in [9.17, 15) is 14.0 Å². The second kappa shape index (κ2) is 8.55. The molecule has 1 unspecified atom stereocenters. The van der Waals surface area contributed by atoms with Crippen LogP contribution in [0, 0.1) is 11.7 Å². The van der Waals surface area contributed by atoms with Crippen LogP contribution in [-0.2, 0) is 4.79 Å². The number of hydrogen-bond acceptors (Lipinski definition) is 3. The van der Waals surface area contributed by atoms with E-state index < -0.39 is 6.04 Å². The number of amides is 1. The van der Waals surface area contributed by atoms with Crippen molar-refractivity contribution in [2.45, 2.75) is 40.2 Å². The van der Waals surface area contributed by atoms with Gasteiger partial charge in [-0.2, -0.15) is 0 Å². The highest BCUT2D eigenvalue weighted by Crippen LogP contribution is 2.24. The average Bonchev–Trinajstić information content (AvgIpc) is 2.69. The number of hydrogen-bond donors (Lipinski definition) is 0. The largest absolute Gasteiger partial charge is 0.333 e. The van der Waals surface area contributed by atoms with E-state index >= 15 is 0 Å². The molecule has 1 aromatic heterocycles. The van der Waals surface area contributed by atoms with Gasteiger partial charge in [0, 0.05) is 13.0 Å². The van der Waals surface area contributed by atoms with Gasteiger partial charge in [0.2, 0.25) is 5.91 Å². The van der Waals surface area contributed by atoms with Crippen molar-refractivity contribution in [3.63, 3.8) is 0 Å². The fourth-order valence-corrected chi connectivity index (χ4v) is 3.54. The molecule has 0 spiro atoms.